The molecule has 0 amide bonds. The van der Waals surface area contributed by atoms with Gasteiger partial charge in [-0.2, -0.15) is 0 Å². The summed E-state index contributed by atoms with van der Waals surface area (Å²) in [5.41, 5.74) is 0. The lowest BCUT2D eigenvalue weighted by Crippen LogP contribution is -2.13. The monoisotopic (exact) mass is 286 g/mol. The van der Waals surface area contributed by atoms with E-state index in [1.807, 2.05) is 0 Å². The Morgan fingerprint density at radius 1 is 1.26 bits per heavy atom. The number of carbonyl (C=O) groups is 1. The Hall–Kier alpha value is -1.11. The molecule has 0 saturated heterocycles. The highest BCUT2D eigenvalue weighted by molar-refractivity contribution is 7.99. The van der Waals surface area contributed by atoms with Crippen molar-refractivity contribution in [1.29, 1.82) is 0 Å². The highest BCUT2D eigenvalue weighted by Gasteiger charge is 2.10. The molecule has 0 fully saturated rings. The number of nitrogens with zero attached hydrogens (tertiary/aromatic N) is 4. The zero-order valence-corrected chi connectivity index (χ0v) is 12.5. The van der Waals surface area contributed by atoms with Crippen LogP contribution in [0.1, 0.15) is 45.4 Å². The van der Waals surface area contributed by atoms with Crippen molar-refractivity contribution in [3.8, 4) is 0 Å². The lowest BCUT2D eigenvalue weighted by Gasteiger charge is -2.03. The van der Waals surface area contributed by atoms with Gasteiger partial charge in [0.25, 0.3) is 0 Å². The van der Waals surface area contributed by atoms with Crippen molar-refractivity contribution in [1.82, 2.24) is 20.2 Å². The van der Waals surface area contributed by atoms with E-state index in [4.69, 9.17) is 0 Å². The second-order valence-corrected chi connectivity index (χ2v) is 5.37. The zero-order valence-electron chi connectivity index (χ0n) is 11.7. The third kappa shape index (κ3) is 6.56. The van der Waals surface area contributed by atoms with Crippen LogP contribution in [-0.4, -0.2) is 39.0 Å². The summed E-state index contributed by atoms with van der Waals surface area (Å²) in [6.07, 6.45) is 7.61. The van der Waals surface area contributed by atoms with E-state index in [-0.39, 0.29) is 12.5 Å². The molecule has 0 atom stereocenters. The van der Waals surface area contributed by atoms with E-state index in [9.17, 15) is 4.79 Å². The van der Waals surface area contributed by atoms with Crippen molar-refractivity contribution >= 4 is 17.7 Å². The smallest absolute Gasteiger partial charge is 0.327 e. The molecule has 6 nitrogen and oxygen atoms in total. The Kier molecular flexibility index (Phi) is 8.20. The van der Waals surface area contributed by atoms with Gasteiger partial charge in [-0.25, -0.2) is 4.68 Å². The fraction of sp³-hybridized carbons (Fsp3) is 0.833. The molecular weight excluding hydrogens is 264 g/mol. The van der Waals surface area contributed by atoms with Gasteiger partial charge < -0.3 is 4.74 Å². The first kappa shape index (κ1) is 15.9. The summed E-state index contributed by atoms with van der Waals surface area (Å²) in [5.74, 6) is 0.641. The average molecular weight is 286 g/mol. The molecule has 1 aromatic rings. The lowest BCUT2D eigenvalue weighted by molar-refractivity contribution is -0.141. The minimum Gasteiger partial charge on any atom is -0.468 e. The number of rotatable bonds is 10. The maximum Gasteiger partial charge on any atom is 0.327 e. The molecule has 0 bridgehead atoms. The Morgan fingerprint density at radius 3 is 2.74 bits per heavy atom. The van der Waals surface area contributed by atoms with Crippen LogP contribution in [-0.2, 0) is 16.1 Å². The molecule has 108 valence electrons. The van der Waals surface area contributed by atoms with Gasteiger partial charge in [0.05, 0.1) is 7.11 Å². The molecule has 19 heavy (non-hydrogen) atoms. The van der Waals surface area contributed by atoms with Gasteiger partial charge in [0.15, 0.2) is 0 Å². The summed E-state index contributed by atoms with van der Waals surface area (Å²) in [6.45, 7) is 2.29. The number of thioether (sulfide) groups is 1. The molecule has 0 aliphatic rings. The molecule has 0 aliphatic heterocycles. The second-order valence-electron chi connectivity index (χ2n) is 4.31. The predicted octanol–water partition coefficient (Wildman–Crippen LogP) is 2.30. The predicted molar refractivity (Wildman–Crippen MR) is 73.9 cm³/mol. The summed E-state index contributed by atoms with van der Waals surface area (Å²) in [6, 6.07) is 0. The highest BCUT2D eigenvalue weighted by atomic mass is 32.2. The molecule has 1 rings (SSSR count). The van der Waals surface area contributed by atoms with E-state index in [2.05, 4.69) is 27.2 Å². The number of aromatic nitrogens is 4. The quantitative estimate of drug-likeness (QED) is 0.373. The first-order chi connectivity index (χ1) is 9.27. The van der Waals surface area contributed by atoms with Crippen LogP contribution in [0.3, 0.4) is 0 Å². The fourth-order valence-corrected chi connectivity index (χ4v) is 2.51. The molecule has 0 radical (unpaired) electrons. The average Bonchev–Trinajstić information content (AvgIpc) is 2.85. The summed E-state index contributed by atoms with van der Waals surface area (Å²) in [5, 5.41) is 11.9. The van der Waals surface area contributed by atoms with E-state index >= 15 is 0 Å². The second kappa shape index (κ2) is 9.77. The van der Waals surface area contributed by atoms with E-state index in [1.165, 1.54) is 43.9 Å². The number of ether oxygens (including phenoxy) is 1. The van der Waals surface area contributed by atoms with Crippen LogP contribution in [0.5, 0.6) is 0 Å². The number of carbonyl (C=O) groups excluding carboxylic acids is 1. The first-order valence-corrected chi connectivity index (χ1v) is 7.72. The third-order valence-corrected chi connectivity index (χ3v) is 3.78. The molecule has 0 spiro atoms. The van der Waals surface area contributed by atoms with Crippen molar-refractivity contribution in [3.05, 3.63) is 0 Å². The van der Waals surface area contributed by atoms with Gasteiger partial charge in [-0.05, 0) is 16.8 Å². The topological polar surface area (TPSA) is 69.9 Å². The van der Waals surface area contributed by atoms with Crippen LogP contribution in [0.15, 0.2) is 5.16 Å². The van der Waals surface area contributed by atoms with Crippen molar-refractivity contribution in [2.75, 3.05) is 12.9 Å². The van der Waals surface area contributed by atoms with Gasteiger partial charge >= 0.3 is 5.97 Å². The van der Waals surface area contributed by atoms with E-state index < -0.39 is 0 Å². The molecule has 0 N–H and O–H groups in total. The van der Waals surface area contributed by atoms with Crippen molar-refractivity contribution in [2.45, 2.75) is 57.1 Å². The van der Waals surface area contributed by atoms with Gasteiger partial charge in [-0.15, -0.1) is 5.10 Å². The minimum atomic E-state index is -0.339. The van der Waals surface area contributed by atoms with Gasteiger partial charge in [0, 0.05) is 5.75 Å². The molecule has 1 heterocycles. The normalized spacial score (nSPS) is 10.6. The van der Waals surface area contributed by atoms with Gasteiger partial charge in [0.1, 0.15) is 6.54 Å². The molecule has 7 heteroatoms. The van der Waals surface area contributed by atoms with Gasteiger partial charge in [0.2, 0.25) is 5.16 Å². The summed E-state index contributed by atoms with van der Waals surface area (Å²) in [4.78, 5) is 11.2. The number of unbranched alkanes of at least 4 members (excludes halogenated alkanes) is 5. The summed E-state index contributed by atoms with van der Waals surface area (Å²) in [7, 11) is 1.36. The highest BCUT2D eigenvalue weighted by Crippen LogP contribution is 2.16. The van der Waals surface area contributed by atoms with Crippen LogP contribution in [0.2, 0.25) is 0 Å². The molecule has 0 aromatic carbocycles. The standard InChI is InChI=1S/C12H22N4O2S/c1-3-4-5-6-7-8-9-19-12-13-14-15-16(12)10-11(17)18-2/h3-10H2,1-2H3. The molecule has 1 aromatic heterocycles. The largest absolute Gasteiger partial charge is 0.468 e. The van der Waals surface area contributed by atoms with Crippen LogP contribution < -0.4 is 0 Å². The van der Waals surface area contributed by atoms with Gasteiger partial charge in [-0.3, -0.25) is 4.79 Å². The molecule has 0 saturated carbocycles. The third-order valence-electron chi connectivity index (χ3n) is 2.73. The number of hydrogen-bond donors (Lipinski definition) is 0. The van der Waals surface area contributed by atoms with E-state index in [0.717, 1.165) is 12.2 Å². The fourth-order valence-electron chi connectivity index (χ4n) is 1.63. The van der Waals surface area contributed by atoms with Crippen LogP contribution >= 0.6 is 11.8 Å². The number of tetrazole rings is 1. The SMILES string of the molecule is CCCCCCCCSc1nnnn1CC(=O)OC. The molecule has 0 aliphatic carbocycles. The van der Waals surface area contributed by atoms with E-state index in [1.54, 1.807) is 11.8 Å². The Bertz CT molecular complexity index is 370. The van der Waals surface area contributed by atoms with Crippen molar-refractivity contribution in [2.24, 2.45) is 0 Å². The lowest BCUT2D eigenvalue weighted by atomic mass is 10.1. The molecular formula is C12H22N4O2S. The van der Waals surface area contributed by atoms with Crippen LogP contribution in [0.25, 0.3) is 0 Å². The Morgan fingerprint density at radius 2 is 2.00 bits per heavy atom. The summed E-state index contributed by atoms with van der Waals surface area (Å²) >= 11 is 1.59. The van der Waals surface area contributed by atoms with Gasteiger partial charge in [-0.1, -0.05) is 50.8 Å². The summed E-state index contributed by atoms with van der Waals surface area (Å²) < 4.78 is 6.07. The van der Waals surface area contributed by atoms with Crippen LogP contribution in [0.4, 0.5) is 0 Å². The maximum atomic E-state index is 11.2. The first-order valence-electron chi connectivity index (χ1n) is 6.73. The van der Waals surface area contributed by atoms with E-state index in [0.29, 0.717) is 5.16 Å². The maximum absolute atomic E-state index is 11.2. The van der Waals surface area contributed by atoms with Crippen LogP contribution in [0, 0.1) is 0 Å². The van der Waals surface area contributed by atoms with Crippen molar-refractivity contribution < 1.29 is 9.53 Å². The molecule has 0 unspecified atom stereocenters. The minimum absolute atomic E-state index is 0.0718. The van der Waals surface area contributed by atoms with Crippen molar-refractivity contribution in [3.63, 3.8) is 0 Å². The Labute approximate surface area is 118 Å². The number of hydrogen-bond acceptors (Lipinski definition) is 6. The Balaban J connectivity index is 2.19. The number of methoxy groups -OCH3 is 1. The zero-order chi connectivity index (χ0) is 13.9. The number of esters is 1.